The zero-order chi connectivity index (χ0) is 18.7. The van der Waals surface area contributed by atoms with Crippen molar-refractivity contribution in [1.29, 1.82) is 0 Å². The van der Waals surface area contributed by atoms with E-state index in [1.165, 1.54) is 12.8 Å². The molecule has 1 N–H and O–H groups in total. The fourth-order valence-electron chi connectivity index (χ4n) is 4.68. The lowest BCUT2D eigenvalue weighted by Gasteiger charge is -2.48. The Hall–Kier alpha value is -2.08. The second kappa shape index (κ2) is 7.89. The predicted molar refractivity (Wildman–Crippen MR) is 103 cm³/mol. The van der Waals surface area contributed by atoms with Crippen LogP contribution in [0.2, 0.25) is 0 Å². The normalized spacial score (nSPS) is 24.0. The van der Waals surface area contributed by atoms with E-state index in [0.717, 1.165) is 69.2 Å². The number of piperidine rings is 2. The van der Waals surface area contributed by atoms with Crippen molar-refractivity contribution >= 4 is 5.91 Å². The number of hydrogen-bond donors (Lipinski definition) is 1. The Morgan fingerprint density at radius 2 is 2.15 bits per heavy atom. The van der Waals surface area contributed by atoms with Gasteiger partial charge in [0.25, 0.3) is 0 Å². The van der Waals surface area contributed by atoms with E-state index in [1.807, 2.05) is 6.20 Å². The van der Waals surface area contributed by atoms with Crippen molar-refractivity contribution < 1.29 is 9.21 Å². The number of nitrogens with one attached hydrogen (secondary N) is 1. The highest BCUT2D eigenvalue weighted by Gasteiger charge is 2.41. The van der Waals surface area contributed by atoms with Crippen LogP contribution in [0.15, 0.2) is 29.1 Å². The number of aromatic nitrogens is 2. The lowest BCUT2D eigenvalue weighted by Crippen LogP contribution is -2.54. The van der Waals surface area contributed by atoms with Gasteiger partial charge in [-0.05, 0) is 37.9 Å². The second-order valence-corrected chi connectivity index (χ2v) is 8.18. The molecule has 1 spiro atoms. The van der Waals surface area contributed by atoms with E-state index in [9.17, 15) is 4.79 Å². The van der Waals surface area contributed by atoms with Crippen LogP contribution in [0.5, 0.6) is 0 Å². The second-order valence-electron chi connectivity index (χ2n) is 8.18. The Balaban J connectivity index is 1.38. The molecular weight excluding hydrogens is 340 g/mol. The van der Waals surface area contributed by atoms with E-state index in [-0.39, 0.29) is 5.41 Å². The Labute approximate surface area is 160 Å². The van der Waals surface area contributed by atoms with Gasteiger partial charge < -0.3 is 14.3 Å². The number of aryl methyl sites for hydroxylation is 1. The fourth-order valence-corrected chi connectivity index (χ4v) is 4.68. The summed E-state index contributed by atoms with van der Waals surface area (Å²) in [5.41, 5.74) is 1.33. The van der Waals surface area contributed by atoms with Crippen molar-refractivity contribution in [1.82, 2.24) is 19.8 Å². The molecule has 1 amide bonds. The van der Waals surface area contributed by atoms with E-state index in [2.05, 4.69) is 38.8 Å². The van der Waals surface area contributed by atoms with Crippen molar-refractivity contribution in [2.75, 3.05) is 26.2 Å². The lowest BCUT2D eigenvalue weighted by molar-refractivity contribution is -0.139. The van der Waals surface area contributed by atoms with Crippen LogP contribution >= 0.6 is 0 Å². The number of nitrogens with zero attached hydrogens (tertiary/aromatic N) is 3. The SMILES string of the molecule is CCc1ccc(CN2CCC[C@]3(CCC(=O)N(CCc4cnc[nH]4)C3)C2)o1. The summed E-state index contributed by atoms with van der Waals surface area (Å²) in [4.78, 5) is 24.3. The van der Waals surface area contributed by atoms with Gasteiger partial charge in [-0.25, -0.2) is 4.98 Å². The highest BCUT2D eigenvalue weighted by molar-refractivity contribution is 5.77. The summed E-state index contributed by atoms with van der Waals surface area (Å²) in [6.45, 7) is 6.84. The molecule has 2 aliphatic rings. The first kappa shape index (κ1) is 18.3. The lowest BCUT2D eigenvalue weighted by atomic mass is 9.73. The first-order valence-electron chi connectivity index (χ1n) is 10.2. The molecule has 4 heterocycles. The van der Waals surface area contributed by atoms with Crippen LogP contribution < -0.4 is 0 Å². The van der Waals surface area contributed by atoms with Crippen LogP contribution in [0.3, 0.4) is 0 Å². The molecule has 27 heavy (non-hydrogen) atoms. The van der Waals surface area contributed by atoms with Gasteiger partial charge in [0.05, 0.1) is 12.9 Å². The van der Waals surface area contributed by atoms with Crippen molar-refractivity contribution in [3.63, 3.8) is 0 Å². The molecule has 0 unspecified atom stereocenters. The molecule has 1 atom stereocenters. The third kappa shape index (κ3) is 4.26. The van der Waals surface area contributed by atoms with E-state index in [1.54, 1.807) is 6.33 Å². The summed E-state index contributed by atoms with van der Waals surface area (Å²) in [6.07, 6.45) is 9.44. The van der Waals surface area contributed by atoms with Crippen LogP contribution in [0.25, 0.3) is 0 Å². The topological polar surface area (TPSA) is 65.4 Å². The minimum atomic E-state index is 0.236. The van der Waals surface area contributed by atoms with E-state index in [4.69, 9.17) is 4.42 Å². The molecule has 6 heteroatoms. The highest BCUT2D eigenvalue weighted by Crippen LogP contribution is 2.39. The first-order valence-corrected chi connectivity index (χ1v) is 10.2. The van der Waals surface area contributed by atoms with Crippen LogP contribution in [-0.2, 0) is 24.2 Å². The van der Waals surface area contributed by atoms with Gasteiger partial charge in [-0.15, -0.1) is 0 Å². The minimum Gasteiger partial charge on any atom is -0.465 e. The average molecular weight is 370 g/mol. The summed E-state index contributed by atoms with van der Waals surface area (Å²) in [5, 5.41) is 0. The molecule has 2 aromatic heterocycles. The maximum Gasteiger partial charge on any atom is 0.222 e. The number of rotatable bonds is 6. The van der Waals surface area contributed by atoms with E-state index in [0.29, 0.717) is 12.3 Å². The third-order valence-corrected chi connectivity index (χ3v) is 6.14. The van der Waals surface area contributed by atoms with Crippen LogP contribution in [0.4, 0.5) is 0 Å². The number of aromatic amines is 1. The van der Waals surface area contributed by atoms with Gasteiger partial charge in [0, 0.05) is 56.2 Å². The molecule has 6 nitrogen and oxygen atoms in total. The summed E-state index contributed by atoms with van der Waals surface area (Å²) in [5.74, 6) is 2.42. The molecule has 4 rings (SSSR count). The Morgan fingerprint density at radius 1 is 1.26 bits per heavy atom. The van der Waals surface area contributed by atoms with Crippen LogP contribution in [0, 0.1) is 5.41 Å². The molecule has 2 fully saturated rings. The summed E-state index contributed by atoms with van der Waals surface area (Å²) in [6, 6.07) is 4.20. The molecule has 2 aliphatic heterocycles. The van der Waals surface area contributed by atoms with Gasteiger partial charge in [0.15, 0.2) is 0 Å². The monoisotopic (exact) mass is 370 g/mol. The molecule has 0 aromatic carbocycles. The number of imidazole rings is 1. The third-order valence-electron chi connectivity index (χ3n) is 6.14. The van der Waals surface area contributed by atoms with Gasteiger partial charge in [-0.3, -0.25) is 9.69 Å². The van der Waals surface area contributed by atoms with E-state index >= 15 is 0 Å². The van der Waals surface area contributed by atoms with Gasteiger partial charge in [-0.1, -0.05) is 6.92 Å². The van der Waals surface area contributed by atoms with Crippen molar-refractivity contribution in [3.8, 4) is 0 Å². The number of amides is 1. The van der Waals surface area contributed by atoms with Crippen LogP contribution in [0.1, 0.15) is 49.8 Å². The Bertz CT molecular complexity index is 754. The molecule has 0 radical (unpaired) electrons. The smallest absolute Gasteiger partial charge is 0.222 e. The Morgan fingerprint density at radius 3 is 2.93 bits per heavy atom. The van der Waals surface area contributed by atoms with Gasteiger partial charge in [-0.2, -0.15) is 0 Å². The molecule has 0 aliphatic carbocycles. The molecule has 0 saturated carbocycles. The highest BCUT2D eigenvalue weighted by atomic mass is 16.3. The fraction of sp³-hybridized carbons (Fsp3) is 0.619. The largest absolute Gasteiger partial charge is 0.465 e. The number of furan rings is 1. The molecular formula is C21H30N4O2. The number of likely N-dealkylation sites (tertiary alicyclic amines) is 2. The summed E-state index contributed by atoms with van der Waals surface area (Å²) < 4.78 is 5.91. The maximum absolute atomic E-state index is 12.5. The summed E-state index contributed by atoms with van der Waals surface area (Å²) in [7, 11) is 0. The van der Waals surface area contributed by atoms with Gasteiger partial charge in [0.1, 0.15) is 11.5 Å². The van der Waals surface area contributed by atoms with Crippen LogP contribution in [-0.4, -0.2) is 51.9 Å². The standard InChI is InChI=1S/C21H30N4O2/c1-2-18-4-5-19(27-18)13-24-10-3-8-21(14-24)9-6-20(26)25(15-21)11-7-17-12-22-16-23-17/h4-5,12,16H,2-3,6-11,13-15H2,1H3,(H,22,23)/t21-/m0/s1. The van der Waals surface area contributed by atoms with Gasteiger partial charge >= 0.3 is 0 Å². The predicted octanol–water partition coefficient (Wildman–Crippen LogP) is 3.01. The zero-order valence-corrected chi connectivity index (χ0v) is 16.2. The molecule has 0 bridgehead atoms. The van der Waals surface area contributed by atoms with Gasteiger partial charge in [0.2, 0.25) is 5.91 Å². The number of carbonyl (C=O) groups is 1. The molecule has 146 valence electrons. The molecule has 2 aromatic rings. The number of H-pyrrole nitrogens is 1. The maximum atomic E-state index is 12.5. The van der Waals surface area contributed by atoms with Crippen molar-refractivity contribution in [3.05, 3.63) is 41.9 Å². The Kier molecular flexibility index (Phi) is 5.34. The first-order chi connectivity index (χ1) is 13.2. The number of carbonyl (C=O) groups excluding carboxylic acids is 1. The average Bonchev–Trinajstić information content (AvgIpc) is 3.35. The quantitative estimate of drug-likeness (QED) is 0.849. The van der Waals surface area contributed by atoms with E-state index < -0.39 is 0 Å². The van der Waals surface area contributed by atoms with Crippen molar-refractivity contribution in [2.45, 2.75) is 52.0 Å². The minimum absolute atomic E-state index is 0.236. The number of hydrogen-bond acceptors (Lipinski definition) is 4. The summed E-state index contributed by atoms with van der Waals surface area (Å²) >= 11 is 0. The molecule has 2 saturated heterocycles. The van der Waals surface area contributed by atoms with Crippen molar-refractivity contribution in [2.24, 2.45) is 5.41 Å². The zero-order valence-electron chi connectivity index (χ0n) is 16.2.